The van der Waals surface area contributed by atoms with Crippen LogP contribution in [-0.2, 0) is 4.74 Å². The molecule has 34 heavy (non-hydrogen) atoms. The topological polar surface area (TPSA) is 108 Å². The fourth-order valence-corrected chi connectivity index (χ4v) is 3.92. The van der Waals surface area contributed by atoms with E-state index in [0.717, 1.165) is 35.4 Å². The van der Waals surface area contributed by atoms with Crippen LogP contribution in [0.1, 0.15) is 11.5 Å². The first-order valence-corrected chi connectivity index (χ1v) is 11.2. The van der Waals surface area contributed by atoms with Gasteiger partial charge in [0.25, 0.3) is 0 Å². The van der Waals surface area contributed by atoms with E-state index in [-0.39, 0.29) is 6.10 Å². The second-order valence-corrected chi connectivity index (χ2v) is 8.11. The van der Waals surface area contributed by atoms with Gasteiger partial charge in [0, 0.05) is 48.7 Å². The van der Waals surface area contributed by atoms with Gasteiger partial charge in [-0.3, -0.25) is 0 Å². The lowest BCUT2D eigenvalue weighted by molar-refractivity contribution is 0.000236. The Morgan fingerprint density at radius 1 is 1.18 bits per heavy atom. The van der Waals surface area contributed by atoms with Gasteiger partial charge < -0.3 is 24.8 Å². The molecule has 0 amide bonds. The van der Waals surface area contributed by atoms with E-state index in [9.17, 15) is 0 Å². The SMILES string of the molecule is COc1cc(-c2ccn3nc(Nc4cc(C)nc(C)n4)cc3c2)c(OC[C@@H]2CNCCO2)cn1. The predicted octanol–water partition coefficient (Wildman–Crippen LogP) is 2.92. The quantitative estimate of drug-likeness (QED) is 0.429. The Bertz CT molecular complexity index is 1280. The lowest BCUT2D eigenvalue weighted by Gasteiger charge is -2.24. The number of aryl methyl sites for hydroxylation is 2. The molecular weight excluding hydrogens is 434 g/mol. The standard InChI is InChI=1S/C24H27N7O3/c1-15-8-22(28-16(2)27-15)29-23-10-18-9-17(4-6-31(18)30-23)20-11-24(32-3)26-13-21(20)34-14-19-12-25-5-7-33-19/h4,6,8-11,13,19,25H,5,7,12,14H2,1-3H3,(H,27,28,29,30)/t19-/m0/s1. The zero-order valence-corrected chi connectivity index (χ0v) is 19.4. The van der Waals surface area contributed by atoms with Gasteiger partial charge in [-0.25, -0.2) is 19.5 Å². The number of fused-ring (bicyclic) bond motifs is 1. The van der Waals surface area contributed by atoms with Gasteiger partial charge in [-0.1, -0.05) is 0 Å². The highest BCUT2D eigenvalue weighted by Crippen LogP contribution is 2.33. The van der Waals surface area contributed by atoms with E-state index < -0.39 is 0 Å². The number of hydrogen-bond acceptors (Lipinski definition) is 9. The summed E-state index contributed by atoms with van der Waals surface area (Å²) in [6.07, 6.45) is 3.61. The van der Waals surface area contributed by atoms with Crippen LogP contribution >= 0.6 is 0 Å². The summed E-state index contributed by atoms with van der Waals surface area (Å²) in [5, 5.41) is 11.2. The molecule has 0 aromatic carbocycles. The molecule has 2 N–H and O–H groups in total. The molecule has 0 bridgehead atoms. The first-order chi connectivity index (χ1) is 16.6. The van der Waals surface area contributed by atoms with Gasteiger partial charge in [0.05, 0.1) is 25.4 Å². The third-order valence-corrected chi connectivity index (χ3v) is 5.48. The average Bonchev–Trinajstić information content (AvgIpc) is 3.24. The third kappa shape index (κ3) is 4.92. The van der Waals surface area contributed by atoms with Crippen LogP contribution in [0, 0.1) is 13.8 Å². The van der Waals surface area contributed by atoms with Gasteiger partial charge in [-0.15, -0.1) is 0 Å². The molecule has 10 heteroatoms. The molecule has 10 nitrogen and oxygen atoms in total. The van der Waals surface area contributed by atoms with Gasteiger partial charge in [0.1, 0.15) is 30.1 Å². The van der Waals surface area contributed by atoms with Crippen molar-refractivity contribution in [1.82, 2.24) is 29.9 Å². The number of rotatable bonds is 7. The van der Waals surface area contributed by atoms with Crippen molar-refractivity contribution in [2.75, 3.05) is 38.7 Å². The summed E-state index contributed by atoms with van der Waals surface area (Å²) >= 11 is 0. The van der Waals surface area contributed by atoms with Crippen LogP contribution in [0.15, 0.2) is 42.7 Å². The smallest absolute Gasteiger partial charge is 0.213 e. The van der Waals surface area contributed by atoms with E-state index >= 15 is 0 Å². The largest absolute Gasteiger partial charge is 0.489 e. The highest BCUT2D eigenvalue weighted by molar-refractivity contribution is 5.75. The van der Waals surface area contributed by atoms with Crippen LogP contribution in [0.25, 0.3) is 16.6 Å². The van der Waals surface area contributed by atoms with Gasteiger partial charge in [-0.2, -0.15) is 5.10 Å². The van der Waals surface area contributed by atoms with Gasteiger partial charge in [0.2, 0.25) is 5.88 Å². The summed E-state index contributed by atoms with van der Waals surface area (Å²) in [6.45, 7) is 6.56. The van der Waals surface area contributed by atoms with Crippen molar-refractivity contribution in [3.63, 3.8) is 0 Å². The minimum Gasteiger partial charge on any atom is -0.489 e. The molecule has 1 atom stereocenters. The van der Waals surface area contributed by atoms with Crippen molar-refractivity contribution in [3.8, 4) is 22.8 Å². The first-order valence-electron chi connectivity index (χ1n) is 11.2. The molecule has 0 unspecified atom stereocenters. The average molecular weight is 462 g/mol. The summed E-state index contributed by atoms with van der Waals surface area (Å²) in [6, 6.07) is 9.78. The third-order valence-electron chi connectivity index (χ3n) is 5.48. The highest BCUT2D eigenvalue weighted by atomic mass is 16.5. The molecule has 4 aromatic heterocycles. The number of anilines is 2. The maximum absolute atomic E-state index is 6.12. The van der Waals surface area contributed by atoms with E-state index in [4.69, 9.17) is 14.2 Å². The molecule has 4 aromatic rings. The number of nitrogens with one attached hydrogen (secondary N) is 2. The maximum atomic E-state index is 6.12. The van der Waals surface area contributed by atoms with Crippen LogP contribution in [0.4, 0.5) is 11.6 Å². The van der Waals surface area contributed by atoms with Crippen molar-refractivity contribution in [2.45, 2.75) is 20.0 Å². The second-order valence-electron chi connectivity index (χ2n) is 8.11. The van der Waals surface area contributed by atoms with E-state index in [1.807, 2.05) is 48.8 Å². The molecule has 5 heterocycles. The van der Waals surface area contributed by atoms with Crippen molar-refractivity contribution < 1.29 is 14.2 Å². The highest BCUT2D eigenvalue weighted by Gasteiger charge is 2.17. The second kappa shape index (κ2) is 9.62. The summed E-state index contributed by atoms with van der Waals surface area (Å²) in [5.74, 6) is 3.30. The molecule has 0 radical (unpaired) electrons. The van der Waals surface area contributed by atoms with Crippen LogP contribution < -0.4 is 20.1 Å². The number of pyridine rings is 2. The molecule has 5 rings (SSSR count). The number of hydrogen-bond donors (Lipinski definition) is 2. The summed E-state index contributed by atoms with van der Waals surface area (Å²) in [4.78, 5) is 13.1. The lowest BCUT2D eigenvalue weighted by Crippen LogP contribution is -2.41. The molecule has 1 aliphatic heterocycles. The Kier molecular flexibility index (Phi) is 6.24. The molecular formula is C24H27N7O3. The van der Waals surface area contributed by atoms with E-state index in [1.165, 1.54) is 0 Å². The fraction of sp³-hybridized carbons (Fsp3) is 0.333. The van der Waals surface area contributed by atoms with E-state index in [1.54, 1.807) is 13.3 Å². The van der Waals surface area contributed by atoms with Gasteiger partial charge in [-0.05, 0) is 31.5 Å². The number of nitrogens with zero attached hydrogens (tertiary/aromatic N) is 5. The van der Waals surface area contributed by atoms with E-state index in [2.05, 4.69) is 36.8 Å². The summed E-state index contributed by atoms with van der Waals surface area (Å²) < 4.78 is 19.0. The molecule has 1 saturated heterocycles. The molecule has 1 fully saturated rings. The Hall–Kier alpha value is -3.76. The van der Waals surface area contributed by atoms with E-state index in [0.29, 0.717) is 42.3 Å². The normalized spacial score (nSPS) is 15.9. The number of ether oxygens (including phenoxy) is 3. The van der Waals surface area contributed by atoms with Gasteiger partial charge in [0.15, 0.2) is 5.82 Å². The van der Waals surface area contributed by atoms with Crippen molar-refractivity contribution >= 4 is 17.2 Å². The van der Waals surface area contributed by atoms with Gasteiger partial charge >= 0.3 is 0 Å². The molecule has 0 aliphatic carbocycles. The Balaban J connectivity index is 1.42. The molecule has 0 spiro atoms. The van der Waals surface area contributed by atoms with Crippen molar-refractivity contribution in [3.05, 3.63) is 54.2 Å². The Morgan fingerprint density at radius 3 is 2.88 bits per heavy atom. The lowest BCUT2D eigenvalue weighted by atomic mass is 10.1. The fourth-order valence-electron chi connectivity index (χ4n) is 3.92. The number of morpholine rings is 1. The minimum absolute atomic E-state index is 0.00344. The maximum Gasteiger partial charge on any atom is 0.213 e. The van der Waals surface area contributed by atoms with Crippen molar-refractivity contribution in [1.29, 1.82) is 0 Å². The minimum atomic E-state index is 0.00344. The Labute approximate surface area is 197 Å². The molecule has 176 valence electrons. The molecule has 0 saturated carbocycles. The zero-order chi connectivity index (χ0) is 23.5. The van der Waals surface area contributed by atoms with Crippen LogP contribution in [0.5, 0.6) is 11.6 Å². The monoisotopic (exact) mass is 461 g/mol. The van der Waals surface area contributed by atoms with Crippen LogP contribution in [-0.4, -0.2) is 64.1 Å². The summed E-state index contributed by atoms with van der Waals surface area (Å²) in [5.41, 5.74) is 3.67. The van der Waals surface area contributed by atoms with Crippen LogP contribution in [0.3, 0.4) is 0 Å². The van der Waals surface area contributed by atoms with Crippen LogP contribution in [0.2, 0.25) is 0 Å². The number of aromatic nitrogens is 5. The molecule has 1 aliphatic rings. The predicted molar refractivity (Wildman–Crippen MR) is 128 cm³/mol. The Morgan fingerprint density at radius 2 is 2.09 bits per heavy atom. The van der Waals surface area contributed by atoms with Crippen molar-refractivity contribution in [2.24, 2.45) is 0 Å². The summed E-state index contributed by atoms with van der Waals surface area (Å²) in [7, 11) is 1.60. The zero-order valence-electron chi connectivity index (χ0n) is 19.4. The number of methoxy groups -OCH3 is 1. The first kappa shape index (κ1) is 22.1.